The van der Waals surface area contributed by atoms with E-state index in [9.17, 15) is 9.59 Å². The van der Waals surface area contributed by atoms with Crippen molar-refractivity contribution in [3.63, 3.8) is 0 Å². The zero-order chi connectivity index (χ0) is 19.3. The monoisotopic (exact) mass is 412 g/mol. The molecule has 0 bridgehead atoms. The van der Waals surface area contributed by atoms with Crippen LogP contribution in [0.1, 0.15) is 6.92 Å². The molecule has 2 amide bonds. The number of rotatable bonds is 5. The van der Waals surface area contributed by atoms with E-state index in [1.807, 2.05) is 0 Å². The van der Waals surface area contributed by atoms with E-state index in [0.29, 0.717) is 21.4 Å². The second kappa shape index (κ2) is 9.16. The summed E-state index contributed by atoms with van der Waals surface area (Å²) in [5.41, 5.74) is 1.28. The molecular formula is C18H18Cl2N2O3S. The van der Waals surface area contributed by atoms with Crippen LogP contribution < -0.4 is 10.2 Å². The summed E-state index contributed by atoms with van der Waals surface area (Å²) < 4.78 is 4.66. The molecular weight excluding hydrogens is 395 g/mol. The van der Waals surface area contributed by atoms with Gasteiger partial charge in [-0.3, -0.25) is 9.69 Å². The van der Waals surface area contributed by atoms with Crippen molar-refractivity contribution in [1.29, 1.82) is 0 Å². The van der Waals surface area contributed by atoms with Crippen LogP contribution in [0, 0.1) is 0 Å². The number of halogens is 2. The van der Waals surface area contributed by atoms with E-state index in [2.05, 4.69) is 10.1 Å². The van der Waals surface area contributed by atoms with Gasteiger partial charge in [0.2, 0.25) is 5.91 Å². The van der Waals surface area contributed by atoms with Gasteiger partial charge in [-0.15, -0.1) is 11.8 Å². The molecule has 2 aromatic rings. The molecule has 5 nitrogen and oxygen atoms in total. The highest BCUT2D eigenvalue weighted by Gasteiger charge is 2.17. The summed E-state index contributed by atoms with van der Waals surface area (Å²) in [5, 5.41) is 3.58. The predicted molar refractivity (Wildman–Crippen MR) is 108 cm³/mol. The van der Waals surface area contributed by atoms with Crippen molar-refractivity contribution < 1.29 is 14.3 Å². The summed E-state index contributed by atoms with van der Waals surface area (Å²) in [5.74, 6) is -0.167. The lowest BCUT2D eigenvalue weighted by Gasteiger charge is -2.16. The van der Waals surface area contributed by atoms with E-state index in [1.54, 1.807) is 56.4 Å². The molecule has 26 heavy (non-hydrogen) atoms. The maximum absolute atomic E-state index is 12.4. The lowest BCUT2D eigenvalue weighted by molar-refractivity contribution is -0.115. The summed E-state index contributed by atoms with van der Waals surface area (Å²) in [6, 6.07) is 12.0. The van der Waals surface area contributed by atoms with Crippen molar-refractivity contribution >= 4 is 58.3 Å². The van der Waals surface area contributed by atoms with Crippen LogP contribution >= 0.6 is 35.0 Å². The van der Waals surface area contributed by atoms with Crippen LogP contribution in [0.4, 0.5) is 16.2 Å². The number of ether oxygens (including phenoxy) is 1. The molecule has 0 aliphatic rings. The van der Waals surface area contributed by atoms with Crippen LogP contribution in [-0.2, 0) is 9.53 Å². The van der Waals surface area contributed by atoms with Gasteiger partial charge in [-0.25, -0.2) is 4.79 Å². The Hall–Kier alpha value is -1.89. The van der Waals surface area contributed by atoms with Gasteiger partial charge in [-0.2, -0.15) is 0 Å². The van der Waals surface area contributed by atoms with Crippen molar-refractivity contribution in [1.82, 2.24) is 0 Å². The standard InChI is InChI=1S/C18H18Cl2N2O3S/c1-11(26-16-10-12(19)4-9-15(16)20)17(23)21-13-5-7-14(8-6-13)22(2)18(24)25-3/h4-11H,1-3H3,(H,21,23). The molecule has 0 aromatic heterocycles. The summed E-state index contributed by atoms with van der Waals surface area (Å²) >= 11 is 13.4. The van der Waals surface area contributed by atoms with Gasteiger partial charge in [-0.05, 0) is 49.4 Å². The van der Waals surface area contributed by atoms with Crippen molar-refractivity contribution in [3.05, 3.63) is 52.5 Å². The SMILES string of the molecule is COC(=O)N(C)c1ccc(NC(=O)C(C)Sc2cc(Cl)ccc2Cl)cc1. The van der Waals surface area contributed by atoms with Crippen LogP contribution in [-0.4, -0.2) is 31.4 Å². The minimum atomic E-state index is -0.467. The molecule has 1 atom stereocenters. The minimum Gasteiger partial charge on any atom is -0.452 e. The van der Waals surface area contributed by atoms with Crippen molar-refractivity contribution in [2.45, 2.75) is 17.1 Å². The molecule has 0 aliphatic heterocycles. The fourth-order valence-electron chi connectivity index (χ4n) is 2.07. The van der Waals surface area contributed by atoms with Gasteiger partial charge in [0.1, 0.15) is 0 Å². The molecule has 1 N–H and O–H groups in total. The molecule has 0 saturated heterocycles. The molecule has 0 spiro atoms. The Bertz CT molecular complexity index is 800. The number of anilines is 2. The lowest BCUT2D eigenvalue weighted by Crippen LogP contribution is -2.26. The highest BCUT2D eigenvalue weighted by atomic mass is 35.5. The average molecular weight is 413 g/mol. The Morgan fingerprint density at radius 1 is 1.15 bits per heavy atom. The minimum absolute atomic E-state index is 0.167. The van der Waals surface area contributed by atoms with Crippen molar-refractivity contribution in [2.75, 3.05) is 24.4 Å². The summed E-state index contributed by atoms with van der Waals surface area (Å²) in [6.45, 7) is 1.79. The first-order valence-corrected chi connectivity index (χ1v) is 9.29. The van der Waals surface area contributed by atoms with E-state index >= 15 is 0 Å². The highest BCUT2D eigenvalue weighted by Crippen LogP contribution is 2.33. The first kappa shape index (κ1) is 20.4. The predicted octanol–water partition coefficient (Wildman–Crippen LogP) is 5.32. The molecule has 1 unspecified atom stereocenters. The lowest BCUT2D eigenvalue weighted by atomic mass is 10.2. The number of carbonyl (C=O) groups is 2. The smallest absolute Gasteiger partial charge is 0.413 e. The first-order chi connectivity index (χ1) is 12.3. The van der Waals surface area contributed by atoms with E-state index in [1.165, 1.54) is 23.8 Å². The Morgan fingerprint density at radius 3 is 2.42 bits per heavy atom. The van der Waals surface area contributed by atoms with Gasteiger partial charge in [0.25, 0.3) is 0 Å². The van der Waals surface area contributed by atoms with Crippen molar-refractivity contribution in [2.24, 2.45) is 0 Å². The van der Waals surface area contributed by atoms with E-state index < -0.39 is 6.09 Å². The normalized spacial score (nSPS) is 11.6. The number of carbonyl (C=O) groups excluding carboxylic acids is 2. The second-order valence-electron chi connectivity index (χ2n) is 5.40. The Labute approximate surface area is 166 Å². The summed E-state index contributed by atoms with van der Waals surface area (Å²) in [4.78, 5) is 26.0. The van der Waals surface area contributed by atoms with E-state index in [0.717, 1.165) is 4.90 Å². The van der Waals surface area contributed by atoms with Gasteiger partial charge in [0, 0.05) is 28.3 Å². The van der Waals surface area contributed by atoms with Crippen LogP contribution in [0.15, 0.2) is 47.4 Å². The first-order valence-electron chi connectivity index (χ1n) is 7.66. The van der Waals surface area contributed by atoms with Gasteiger partial charge in [0.15, 0.2) is 0 Å². The van der Waals surface area contributed by atoms with Gasteiger partial charge in [0.05, 0.1) is 17.4 Å². The maximum Gasteiger partial charge on any atom is 0.413 e. The molecule has 138 valence electrons. The third-order valence-electron chi connectivity index (χ3n) is 3.54. The maximum atomic E-state index is 12.4. The fourth-order valence-corrected chi connectivity index (χ4v) is 3.48. The van der Waals surface area contributed by atoms with Gasteiger partial charge >= 0.3 is 6.09 Å². The van der Waals surface area contributed by atoms with E-state index in [4.69, 9.17) is 23.2 Å². The number of thioether (sulfide) groups is 1. The third-order valence-corrected chi connectivity index (χ3v) is 5.37. The number of benzene rings is 2. The number of hydrogen-bond donors (Lipinski definition) is 1. The van der Waals surface area contributed by atoms with Crippen LogP contribution in [0.2, 0.25) is 10.0 Å². The molecule has 2 aromatic carbocycles. The number of nitrogens with zero attached hydrogens (tertiary/aromatic N) is 1. The fraction of sp³-hybridized carbons (Fsp3) is 0.222. The number of amides is 2. The topological polar surface area (TPSA) is 58.6 Å². The zero-order valence-corrected chi connectivity index (χ0v) is 16.8. The molecule has 0 fully saturated rings. The number of nitrogens with one attached hydrogen (secondary N) is 1. The summed E-state index contributed by atoms with van der Waals surface area (Å²) in [7, 11) is 2.92. The van der Waals surface area contributed by atoms with Crippen LogP contribution in [0.25, 0.3) is 0 Å². The molecule has 0 heterocycles. The van der Waals surface area contributed by atoms with Crippen molar-refractivity contribution in [3.8, 4) is 0 Å². The Balaban J connectivity index is 2.00. The molecule has 0 aliphatic carbocycles. The Kier molecular flexibility index (Phi) is 7.20. The summed E-state index contributed by atoms with van der Waals surface area (Å²) in [6.07, 6.45) is -0.467. The largest absolute Gasteiger partial charge is 0.452 e. The van der Waals surface area contributed by atoms with Crippen LogP contribution in [0.3, 0.4) is 0 Å². The average Bonchev–Trinajstić information content (AvgIpc) is 2.64. The Morgan fingerprint density at radius 2 is 1.81 bits per heavy atom. The highest BCUT2D eigenvalue weighted by molar-refractivity contribution is 8.00. The zero-order valence-electron chi connectivity index (χ0n) is 14.5. The molecule has 8 heteroatoms. The molecule has 0 radical (unpaired) electrons. The number of hydrogen-bond acceptors (Lipinski definition) is 4. The molecule has 2 rings (SSSR count). The van der Waals surface area contributed by atoms with E-state index in [-0.39, 0.29) is 11.2 Å². The molecule has 0 saturated carbocycles. The van der Waals surface area contributed by atoms with Crippen LogP contribution in [0.5, 0.6) is 0 Å². The van der Waals surface area contributed by atoms with Gasteiger partial charge in [-0.1, -0.05) is 23.2 Å². The van der Waals surface area contributed by atoms with Gasteiger partial charge < -0.3 is 10.1 Å². The number of methoxy groups -OCH3 is 1. The third kappa shape index (κ3) is 5.30. The quantitative estimate of drug-likeness (QED) is 0.675. The second-order valence-corrected chi connectivity index (χ2v) is 7.63.